The summed E-state index contributed by atoms with van der Waals surface area (Å²) >= 11 is 18.4. The topological polar surface area (TPSA) is 41.1 Å². The van der Waals surface area contributed by atoms with E-state index in [-0.39, 0.29) is 5.91 Å². The summed E-state index contributed by atoms with van der Waals surface area (Å²) in [5, 5.41) is 7.59. The highest BCUT2D eigenvalue weighted by Gasteiger charge is 2.19. The van der Waals surface area contributed by atoms with Crippen LogP contribution < -0.4 is 10.6 Å². The van der Waals surface area contributed by atoms with Crippen LogP contribution in [0.3, 0.4) is 0 Å². The van der Waals surface area contributed by atoms with Crippen LogP contribution in [0, 0.1) is 0 Å². The summed E-state index contributed by atoms with van der Waals surface area (Å²) in [6.07, 6.45) is 0.374. The number of hydrogen-bond donors (Lipinski definition) is 2. The van der Waals surface area contributed by atoms with Crippen molar-refractivity contribution < 1.29 is 4.79 Å². The normalized spacial score (nSPS) is 13.0. The van der Waals surface area contributed by atoms with Crippen molar-refractivity contribution in [1.29, 1.82) is 0 Å². The van der Waals surface area contributed by atoms with Crippen molar-refractivity contribution in [1.82, 2.24) is 0 Å². The van der Waals surface area contributed by atoms with E-state index in [1.165, 1.54) is 0 Å². The molecule has 0 atom stereocenters. The highest BCUT2D eigenvalue weighted by Crippen LogP contribution is 2.33. The molecule has 0 fully saturated rings. The fraction of sp³-hybridized carbons (Fsp3) is 0.133. The Morgan fingerprint density at radius 3 is 2.76 bits per heavy atom. The van der Waals surface area contributed by atoms with Crippen molar-refractivity contribution in [2.75, 3.05) is 10.6 Å². The Hall–Kier alpha value is -1.42. The largest absolute Gasteiger partial charge is 0.380 e. The average Bonchev–Trinajstić information content (AvgIpc) is 2.79. The van der Waals surface area contributed by atoms with Crippen LogP contribution in [0.2, 0.25) is 15.1 Å². The molecule has 0 saturated carbocycles. The van der Waals surface area contributed by atoms with E-state index in [1.54, 1.807) is 12.1 Å². The first-order valence-electron chi connectivity index (χ1n) is 6.33. The van der Waals surface area contributed by atoms with Gasteiger partial charge in [-0.05, 0) is 29.3 Å². The van der Waals surface area contributed by atoms with Gasteiger partial charge in [0.2, 0.25) is 5.91 Å². The quantitative estimate of drug-likeness (QED) is 0.845. The van der Waals surface area contributed by atoms with Gasteiger partial charge in [0, 0.05) is 12.2 Å². The van der Waals surface area contributed by atoms with Crippen molar-refractivity contribution in [3.05, 3.63) is 56.5 Å². The van der Waals surface area contributed by atoms with Crippen LogP contribution in [-0.2, 0) is 17.8 Å². The molecule has 1 aliphatic rings. The summed E-state index contributed by atoms with van der Waals surface area (Å²) in [4.78, 5) is 11.4. The van der Waals surface area contributed by atoms with Crippen molar-refractivity contribution in [2.45, 2.75) is 13.0 Å². The minimum absolute atomic E-state index is 0.0175. The van der Waals surface area contributed by atoms with Crippen LogP contribution in [0.15, 0.2) is 30.3 Å². The van der Waals surface area contributed by atoms with Gasteiger partial charge in [0.15, 0.2) is 0 Å². The Morgan fingerprint density at radius 2 is 1.95 bits per heavy atom. The van der Waals surface area contributed by atoms with Gasteiger partial charge in [-0.3, -0.25) is 4.79 Å². The van der Waals surface area contributed by atoms with E-state index in [1.807, 2.05) is 18.2 Å². The molecule has 2 N–H and O–H groups in total. The summed E-state index contributed by atoms with van der Waals surface area (Å²) in [7, 11) is 0. The highest BCUT2D eigenvalue weighted by molar-refractivity contribution is 6.42. The van der Waals surface area contributed by atoms with E-state index in [0.29, 0.717) is 28.0 Å². The fourth-order valence-corrected chi connectivity index (χ4v) is 2.88. The van der Waals surface area contributed by atoms with E-state index in [4.69, 9.17) is 34.8 Å². The van der Waals surface area contributed by atoms with Crippen LogP contribution in [0.25, 0.3) is 0 Å². The first kappa shape index (κ1) is 14.5. The number of benzene rings is 2. The standard InChI is InChI=1S/C15H11Cl3N2O/c16-10-3-1-2-8(15(10)18)7-19-13-4-9-5-14(21)20-12(9)6-11(13)17/h1-4,6,19H,5,7H2,(H,20,21). The van der Waals surface area contributed by atoms with E-state index in [2.05, 4.69) is 10.6 Å². The van der Waals surface area contributed by atoms with Crippen LogP contribution in [0.5, 0.6) is 0 Å². The van der Waals surface area contributed by atoms with Crippen molar-refractivity contribution >= 4 is 52.1 Å². The second kappa shape index (κ2) is 5.76. The smallest absolute Gasteiger partial charge is 0.228 e. The van der Waals surface area contributed by atoms with Crippen LogP contribution in [-0.4, -0.2) is 5.91 Å². The second-order valence-corrected chi connectivity index (χ2v) is 5.97. The van der Waals surface area contributed by atoms with E-state index in [0.717, 1.165) is 22.5 Å². The van der Waals surface area contributed by atoms with E-state index in [9.17, 15) is 4.79 Å². The zero-order valence-corrected chi connectivity index (χ0v) is 13.1. The Kier molecular flexibility index (Phi) is 3.98. The average molecular weight is 342 g/mol. The molecule has 6 heteroatoms. The zero-order valence-electron chi connectivity index (χ0n) is 10.8. The number of halogens is 3. The minimum Gasteiger partial charge on any atom is -0.380 e. The highest BCUT2D eigenvalue weighted by atomic mass is 35.5. The Morgan fingerprint density at radius 1 is 1.14 bits per heavy atom. The van der Waals surface area contributed by atoms with E-state index < -0.39 is 0 Å². The predicted molar refractivity (Wildman–Crippen MR) is 87.6 cm³/mol. The summed E-state index contributed by atoms with van der Waals surface area (Å²) in [6.45, 7) is 0.499. The van der Waals surface area contributed by atoms with Gasteiger partial charge in [-0.1, -0.05) is 46.9 Å². The number of rotatable bonds is 3. The Bertz CT molecular complexity index is 731. The molecule has 3 rings (SSSR count). The van der Waals surface area contributed by atoms with Crippen LogP contribution in [0.4, 0.5) is 11.4 Å². The number of hydrogen-bond acceptors (Lipinski definition) is 2. The number of amides is 1. The first-order valence-corrected chi connectivity index (χ1v) is 7.47. The maximum absolute atomic E-state index is 11.4. The van der Waals surface area contributed by atoms with Crippen molar-refractivity contribution in [3.63, 3.8) is 0 Å². The van der Waals surface area contributed by atoms with Crippen LogP contribution >= 0.6 is 34.8 Å². The zero-order chi connectivity index (χ0) is 15.0. The summed E-state index contributed by atoms with van der Waals surface area (Å²) in [6, 6.07) is 9.12. The number of fused-ring (bicyclic) bond motifs is 1. The van der Waals surface area contributed by atoms with Crippen molar-refractivity contribution in [3.8, 4) is 0 Å². The molecule has 0 bridgehead atoms. The minimum atomic E-state index is -0.0175. The SMILES string of the molecule is O=C1Cc2cc(NCc3cccc(Cl)c3Cl)c(Cl)cc2N1. The Labute approximate surface area is 137 Å². The molecule has 108 valence electrons. The monoisotopic (exact) mass is 340 g/mol. The van der Waals surface area contributed by atoms with Crippen molar-refractivity contribution in [2.24, 2.45) is 0 Å². The summed E-state index contributed by atoms with van der Waals surface area (Å²) in [5.74, 6) is -0.0175. The lowest BCUT2D eigenvalue weighted by Crippen LogP contribution is -2.03. The molecule has 1 aliphatic heterocycles. The van der Waals surface area contributed by atoms with Gasteiger partial charge >= 0.3 is 0 Å². The number of carbonyl (C=O) groups excluding carboxylic acids is 1. The lowest BCUT2D eigenvalue weighted by Gasteiger charge is -2.12. The molecule has 21 heavy (non-hydrogen) atoms. The molecule has 0 aromatic heterocycles. The third-order valence-electron chi connectivity index (χ3n) is 3.32. The maximum atomic E-state index is 11.4. The first-order chi connectivity index (χ1) is 10.0. The van der Waals surface area contributed by atoms with Gasteiger partial charge in [-0.15, -0.1) is 0 Å². The van der Waals surface area contributed by atoms with Gasteiger partial charge in [0.25, 0.3) is 0 Å². The number of anilines is 2. The molecule has 0 radical (unpaired) electrons. The molecule has 1 amide bonds. The molecule has 2 aromatic rings. The van der Waals surface area contributed by atoms with Gasteiger partial charge in [-0.25, -0.2) is 0 Å². The summed E-state index contributed by atoms with van der Waals surface area (Å²) in [5.41, 5.74) is 3.36. The number of nitrogens with one attached hydrogen (secondary N) is 2. The Balaban J connectivity index is 1.81. The third kappa shape index (κ3) is 2.95. The van der Waals surface area contributed by atoms with Gasteiger partial charge < -0.3 is 10.6 Å². The summed E-state index contributed by atoms with van der Waals surface area (Å²) < 4.78 is 0. The molecular formula is C15H11Cl3N2O. The molecule has 2 aromatic carbocycles. The van der Waals surface area contributed by atoms with Gasteiger partial charge in [0.1, 0.15) is 0 Å². The second-order valence-electron chi connectivity index (χ2n) is 4.78. The van der Waals surface area contributed by atoms with Gasteiger partial charge in [0.05, 0.1) is 27.2 Å². The predicted octanol–water partition coefficient (Wildman–Crippen LogP) is 4.75. The maximum Gasteiger partial charge on any atom is 0.228 e. The lowest BCUT2D eigenvalue weighted by molar-refractivity contribution is -0.115. The van der Waals surface area contributed by atoms with Crippen LogP contribution in [0.1, 0.15) is 11.1 Å². The fourth-order valence-electron chi connectivity index (χ4n) is 2.26. The molecule has 3 nitrogen and oxygen atoms in total. The molecule has 1 heterocycles. The lowest BCUT2D eigenvalue weighted by atomic mass is 10.1. The third-order valence-corrected chi connectivity index (χ3v) is 4.49. The van der Waals surface area contributed by atoms with Gasteiger partial charge in [-0.2, -0.15) is 0 Å². The molecule has 0 saturated heterocycles. The molecule has 0 aliphatic carbocycles. The molecule has 0 spiro atoms. The number of carbonyl (C=O) groups is 1. The molecule has 0 unspecified atom stereocenters. The molecular weight excluding hydrogens is 331 g/mol. The van der Waals surface area contributed by atoms with E-state index >= 15 is 0 Å².